The first-order chi connectivity index (χ1) is 13.7. The van der Waals surface area contributed by atoms with E-state index < -0.39 is 11.3 Å². The van der Waals surface area contributed by atoms with Gasteiger partial charge in [0.2, 0.25) is 5.91 Å². The molecule has 3 rings (SSSR count). The number of aromatic nitrogens is 1. The molecule has 1 aliphatic rings. The quantitative estimate of drug-likeness (QED) is 0.596. The number of carbonyl (C=O) groups excluding carboxylic acids is 1. The Balaban J connectivity index is 1.60. The maximum Gasteiger partial charge on any atom is 0.573 e. The maximum atomic E-state index is 12.5. The van der Waals surface area contributed by atoms with Gasteiger partial charge in [-0.1, -0.05) is 0 Å². The van der Waals surface area contributed by atoms with Crippen LogP contribution in [0.1, 0.15) is 12.8 Å². The fourth-order valence-corrected chi connectivity index (χ4v) is 3.06. The standard InChI is InChI=1S/C18H17F3N4O4/c19-18(20,21)29-15-6-3-13(4-7-15)23-17(26)12-2-1-9-24(11-12)16-8-5-14(10-22-16)25(27)28/h3-8,10,12H,1-2,9,11H2,(H,23,26)/t12-/m0/s1. The van der Waals surface area contributed by atoms with Crippen LogP contribution in [-0.2, 0) is 4.79 Å². The summed E-state index contributed by atoms with van der Waals surface area (Å²) >= 11 is 0. The maximum absolute atomic E-state index is 12.5. The number of pyridine rings is 1. The number of halogens is 3. The summed E-state index contributed by atoms with van der Waals surface area (Å²) in [7, 11) is 0. The second-order valence-electron chi connectivity index (χ2n) is 6.48. The Bertz CT molecular complexity index is 872. The van der Waals surface area contributed by atoms with Crippen LogP contribution in [0, 0.1) is 16.0 Å². The number of carbonyl (C=O) groups is 1. The number of nitrogens with one attached hydrogen (secondary N) is 1. The van der Waals surface area contributed by atoms with Gasteiger partial charge in [0.05, 0.1) is 10.8 Å². The van der Waals surface area contributed by atoms with Crippen LogP contribution in [0.25, 0.3) is 0 Å². The van der Waals surface area contributed by atoms with Crippen molar-refractivity contribution in [3.63, 3.8) is 0 Å². The van der Waals surface area contributed by atoms with Crippen molar-refractivity contribution < 1.29 is 27.6 Å². The minimum Gasteiger partial charge on any atom is -0.406 e. The Kier molecular flexibility index (Phi) is 5.85. The molecule has 154 valence electrons. The lowest BCUT2D eigenvalue weighted by molar-refractivity contribution is -0.385. The molecule has 0 spiro atoms. The molecule has 0 radical (unpaired) electrons. The van der Waals surface area contributed by atoms with Gasteiger partial charge in [-0.05, 0) is 43.2 Å². The Hall–Kier alpha value is -3.37. The summed E-state index contributed by atoms with van der Waals surface area (Å²) in [5.74, 6) is -0.446. The van der Waals surface area contributed by atoms with Crippen molar-refractivity contribution in [1.29, 1.82) is 0 Å². The fraction of sp³-hybridized carbons (Fsp3) is 0.333. The average molecular weight is 410 g/mol. The van der Waals surface area contributed by atoms with Crippen molar-refractivity contribution in [3.05, 3.63) is 52.7 Å². The summed E-state index contributed by atoms with van der Waals surface area (Å²) in [5, 5.41) is 13.4. The first kappa shape index (κ1) is 20.4. The number of hydrogen-bond donors (Lipinski definition) is 1. The van der Waals surface area contributed by atoms with Gasteiger partial charge in [-0.25, -0.2) is 4.98 Å². The average Bonchev–Trinajstić information content (AvgIpc) is 2.68. The van der Waals surface area contributed by atoms with E-state index in [4.69, 9.17) is 0 Å². The molecule has 1 aliphatic heterocycles. The van der Waals surface area contributed by atoms with Gasteiger partial charge in [0.1, 0.15) is 17.8 Å². The van der Waals surface area contributed by atoms with E-state index in [-0.39, 0.29) is 23.3 Å². The van der Waals surface area contributed by atoms with Gasteiger partial charge in [0.15, 0.2) is 0 Å². The Morgan fingerprint density at radius 3 is 2.55 bits per heavy atom. The Morgan fingerprint density at radius 2 is 1.97 bits per heavy atom. The number of hydrogen-bond acceptors (Lipinski definition) is 6. The zero-order valence-electron chi connectivity index (χ0n) is 15.1. The van der Waals surface area contributed by atoms with Crippen molar-refractivity contribution in [2.24, 2.45) is 5.92 Å². The van der Waals surface area contributed by atoms with Gasteiger partial charge < -0.3 is 15.0 Å². The summed E-state index contributed by atoms with van der Waals surface area (Å²) in [4.78, 5) is 28.7. The molecule has 11 heteroatoms. The summed E-state index contributed by atoms with van der Waals surface area (Å²) in [6.07, 6.45) is -2.23. The highest BCUT2D eigenvalue weighted by Gasteiger charge is 2.31. The van der Waals surface area contributed by atoms with Crippen molar-refractivity contribution >= 4 is 23.1 Å². The summed E-state index contributed by atoms with van der Waals surface area (Å²) in [5.41, 5.74) is 0.244. The molecule has 1 aromatic carbocycles. The van der Waals surface area contributed by atoms with E-state index in [1.807, 2.05) is 4.90 Å². The monoisotopic (exact) mass is 410 g/mol. The third kappa shape index (κ3) is 5.56. The van der Waals surface area contributed by atoms with Crippen LogP contribution >= 0.6 is 0 Å². The first-order valence-corrected chi connectivity index (χ1v) is 8.73. The van der Waals surface area contributed by atoms with E-state index in [9.17, 15) is 28.1 Å². The van der Waals surface area contributed by atoms with E-state index in [1.54, 1.807) is 0 Å². The van der Waals surface area contributed by atoms with Crippen LogP contribution in [0.5, 0.6) is 5.75 Å². The predicted molar refractivity (Wildman–Crippen MR) is 97.6 cm³/mol. The lowest BCUT2D eigenvalue weighted by Gasteiger charge is -2.32. The van der Waals surface area contributed by atoms with E-state index in [2.05, 4.69) is 15.0 Å². The van der Waals surface area contributed by atoms with Crippen LogP contribution in [0.2, 0.25) is 0 Å². The number of nitrogens with zero attached hydrogens (tertiary/aromatic N) is 3. The highest BCUT2D eigenvalue weighted by molar-refractivity contribution is 5.93. The summed E-state index contributed by atoms with van der Waals surface area (Å²) in [6.45, 7) is 1.05. The smallest absolute Gasteiger partial charge is 0.406 e. The third-order valence-corrected chi connectivity index (χ3v) is 4.41. The highest BCUT2D eigenvalue weighted by Crippen LogP contribution is 2.26. The number of nitro groups is 1. The zero-order chi connectivity index (χ0) is 21.0. The molecule has 1 fully saturated rings. The predicted octanol–water partition coefficient (Wildman–Crippen LogP) is 3.74. The van der Waals surface area contributed by atoms with Crippen LogP contribution in [0.15, 0.2) is 42.6 Å². The minimum atomic E-state index is -4.78. The fourth-order valence-electron chi connectivity index (χ4n) is 3.06. The van der Waals surface area contributed by atoms with Crippen molar-refractivity contribution in [2.75, 3.05) is 23.3 Å². The van der Waals surface area contributed by atoms with Gasteiger partial charge in [-0.2, -0.15) is 0 Å². The molecule has 2 heterocycles. The number of benzene rings is 1. The minimum absolute atomic E-state index is 0.113. The normalized spacial score (nSPS) is 16.9. The molecule has 0 unspecified atom stereocenters. The van der Waals surface area contributed by atoms with E-state index in [0.717, 1.165) is 18.6 Å². The topological polar surface area (TPSA) is 97.6 Å². The van der Waals surface area contributed by atoms with Crippen molar-refractivity contribution in [2.45, 2.75) is 19.2 Å². The van der Waals surface area contributed by atoms with Crippen LogP contribution in [0.4, 0.5) is 30.4 Å². The highest BCUT2D eigenvalue weighted by atomic mass is 19.4. The van der Waals surface area contributed by atoms with Gasteiger partial charge in [-0.15, -0.1) is 13.2 Å². The lowest BCUT2D eigenvalue weighted by atomic mass is 9.97. The summed E-state index contributed by atoms with van der Waals surface area (Å²) < 4.78 is 40.4. The molecule has 0 bridgehead atoms. The van der Waals surface area contributed by atoms with Gasteiger partial charge in [0, 0.05) is 24.8 Å². The van der Waals surface area contributed by atoms with Gasteiger partial charge in [-0.3, -0.25) is 14.9 Å². The zero-order valence-corrected chi connectivity index (χ0v) is 15.1. The molecule has 0 saturated carbocycles. The number of alkyl halides is 3. The second kappa shape index (κ2) is 8.33. The van der Waals surface area contributed by atoms with E-state index >= 15 is 0 Å². The molecule has 29 heavy (non-hydrogen) atoms. The molecular formula is C18H17F3N4O4. The molecular weight excluding hydrogens is 393 g/mol. The second-order valence-corrected chi connectivity index (χ2v) is 6.48. The van der Waals surface area contributed by atoms with Crippen LogP contribution in [0.3, 0.4) is 0 Å². The molecule has 1 amide bonds. The van der Waals surface area contributed by atoms with Crippen LogP contribution in [-0.4, -0.2) is 35.3 Å². The van der Waals surface area contributed by atoms with Crippen molar-refractivity contribution in [1.82, 2.24) is 4.98 Å². The number of amides is 1. The number of piperidine rings is 1. The molecule has 8 nitrogen and oxygen atoms in total. The molecule has 0 aliphatic carbocycles. The SMILES string of the molecule is O=C(Nc1ccc(OC(F)(F)F)cc1)[C@H]1CCCN(c2ccc([N+](=O)[O-])cn2)C1. The largest absolute Gasteiger partial charge is 0.573 e. The van der Waals surface area contributed by atoms with Crippen LogP contribution < -0.4 is 15.0 Å². The van der Waals surface area contributed by atoms with Gasteiger partial charge >= 0.3 is 6.36 Å². The molecule has 1 atom stereocenters. The molecule has 1 aromatic heterocycles. The molecule has 1 saturated heterocycles. The number of ether oxygens (including phenoxy) is 1. The van der Waals surface area contributed by atoms with Crippen molar-refractivity contribution in [3.8, 4) is 5.75 Å². The Morgan fingerprint density at radius 1 is 1.24 bits per heavy atom. The first-order valence-electron chi connectivity index (χ1n) is 8.73. The Labute approximate surface area is 163 Å². The van der Waals surface area contributed by atoms with E-state index in [0.29, 0.717) is 31.0 Å². The third-order valence-electron chi connectivity index (χ3n) is 4.41. The van der Waals surface area contributed by atoms with E-state index in [1.165, 1.54) is 30.5 Å². The number of anilines is 2. The lowest BCUT2D eigenvalue weighted by Crippen LogP contribution is -2.41. The number of rotatable bonds is 5. The summed E-state index contributed by atoms with van der Waals surface area (Å²) in [6, 6.07) is 7.80. The van der Waals surface area contributed by atoms with Gasteiger partial charge in [0.25, 0.3) is 5.69 Å². The molecule has 1 N–H and O–H groups in total. The molecule has 2 aromatic rings.